The number of likely N-dealkylation sites (N-methyl/N-ethyl adjacent to an activating group) is 1. The number of hydrogen-bond donors (Lipinski definition) is 1. The van der Waals surface area contributed by atoms with Gasteiger partial charge in [-0.15, -0.1) is 0 Å². The van der Waals surface area contributed by atoms with E-state index in [1.54, 1.807) is 11.8 Å². The van der Waals surface area contributed by atoms with Gasteiger partial charge in [0.15, 0.2) is 0 Å². The van der Waals surface area contributed by atoms with E-state index in [2.05, 4.69) is 0 Å². The van der Waals surface area contributed by atoms with Gasteiger partial charge in [-0.05, 0) is 26.3 Å². The summed E-state index contributed by atoms with van der Waals surface area (Å²) < 4.78 is 0. The zero-order valence-corrected chi connectivity index (χ0v) is 9.56. The molecule has 1 aliphatic rings. The molecule has 0 aromatic rings. The zero-order valence-electron chi connectivity index (χ0n) is 9.56. The fraction of sp³-hybridized carbons (Fsp3) is 0.800. The molecule has 1 aliphatic heterocycles. The molecule has 0 aromatic heterocycles. The molecule has 0 aliphatic carbocycles. The summed E-state index contributed by atoms with van der Waals surface area (Å²) in [4.78, 5) is 26.4. The molecule has 0 aromatic carbocycles. The first-order chi connectivity index (χ1) is 7.02. The van der Waals surface area contributed by atoms with Crippen LogP contribution in [-0.4, -0.2) is 47.4 Å². The molecule has 1 saturated heterocycles. The second-order valence-corrected chi connectivity index (χ2v) is 4.03. The highest BCUT2D eigenvalue weighted by Gasteiger charge is 2.41. The van der Waals surface area contributed by atoms with Crippen LogP contribution in [0.3, 0.4) is 0 Å². The lowest BCUT2D eigenvalue weighted by molar-refractivity contribution is -0.128. The molecule has 2 atom stereocenters. The molecule has 0 radical (unpaired) electrons. The lowest BCUT2D eigenvalue weighted by Crippen LogP contribution is -2.37. The highest BCUT2D eigenvalue weighted by molar-refractivity contribution is 6.03. The largest absolute Gasteiger partial charge is 0.330 e. The molecular weight excluding hydrogens is 194 g/mol. The van der Waals surface area contributed by atoms with Gasteiger partial charge in [-0.1, -0.05) is 6.92 Å². The van der Waals surface area contributed by atoms with Crippen molar-refractivity contribution < 1.29 is 9.59 Å². The Labute approximate surface area is 90.2 Å². The van der Waals surface area contributed by atoms with Gasteiger partial charge in [0.1, 0.15) is 6.04 Å². The average Bonchev–Trinajstić information content (AvgIpc) is 2.42. The lowest BCUT2D eigenvalue weighted by atomic mass is 10.1. The van der Waals surface area contributed by atoms with Crippen LogP contribution < -0.4 is 5.73 Å². The van der Waals surface area contributed by atoms with Crippen molar-refractivity contribution in [1.29, 1.82) is 0 Å². The van der Waals surface area contributed by atoms with Crippen molar-refractivity contribution in [2.75, 3.05) is 19.6 Å². The minimum Gasteiger partial charge on any atom is -0.330 e. The first kappa shape index (κ1) is 12.0. The van der Waals surface area contributed by atoms with Crippen molar-refractivity contribution in [3.05, 3.63) is 0 Å². The van der Waals surface area contributed by atoms with Gasteiger partial charge in [-0.25, -0.2) is 4.79 Å². The zero-order chi connectivity index (χ0) is 11.6. The maximum absolute atomic E-state index is 11.8. The quantitative estimate of drug-likeness (QED) is 0.681. The van der Waals surface area contributed by atoms with E-state index in [0.29, 0.717) is 19.6 Å². The Morgan fingerprint density at radius 1 is 1.47 bits per heavy atom. The summed E-state index contributed by atoms with van der Waals surface area (Å²) in [5.74, 6) is 0.0454. The van der Waals surface area contributed by atoms with Gasteiger partial charge in [0, 0.05) is 13.1 Å². The maximum atomic E-state index is 11.8. The Bertz CT molecular complexity index is 267. The highest BCUT2D eigenvalue weighted by Crippen LogP contribution is 2.17. The van der Waals surface area contributed by atoms with Crippen LogP contribution in [0, 0.1) is 5.92 Å². The van der Waals surface area contributed by atoms with Crippen LogP contribution in [0.2, 0.25) is 0 Å². The van der Waals surface area contributed by atoms with Crippen LogP contribution in [0.25, 0.3) is 0 Å². The number of hydrogen-bond acceptors (Lipinski definition) is 3. The second-order valence-electron chi connectivity index (χ2n) is 4.03. The average molecular weight is 213 g/mol. The molecule has 3 amide bonds. The van der Waals surface area contributed by atoms with E-state index >= 15 is 0 Å². The summed E-state index contributed by atoms with van der Waals surface area (Å²) in [6.07, 6.45) is 0. The normalized spacial score (nSPS) is 23.9. The molecule has 5 nitrogen and oxygen atoms in total. The first-order valence-corrected chi connectivity index (χ1v) is 5.34. The van der Waals surface area contributed by atoms with Crippen molar-refractivity contribution in [3.8, 4) is 0 Å². The van der Waals surface area contributed by atoms with E-state index in [1.165, 1.54) is 4.90 Å². The number of nitrogens with zero attached hydrogens (tertiary/aromatic N) is 2. The van der Waals surface area contributed by atoms with Gasteiger partial charge in [0.25, 0.3) is 5.91 Å². The van der Waals surface area contributed by atoms with Crippen LogP contribution in [-0.2, 0) is 4.79 Å². The molecule has 86 valence electrons. The molecule has 0 saturated carbocycles. The predicted octanol–water partition coefficient (Wildman–Crippen LogP) is 0.254. The van der Waals surface area contributed by atoms with Gasteiger partial charge in [0.05, 0.1) is 0 Å². The molecule has 1 heterocycles. The minimum absolute atomic E-state index is 0.109. The van der Waals surface area contributed by atoms with Crippen LogP contribution in [0.4, 0.5) is 4.79 Å². The maximum Gasteiger partial charge on any atom is 0.327 e. The van der Waals surface area contributed by atoms with Crippen LogP contribution in [0.15, 0.2) is 0 Å². The highest BCUT2D eigenvalue weighted by atomic mass is 16.2. The number of imide groups is 1. The van der Waals surface area contributed by atoms with E-state index in [1.807, 2.05) is 13.8 Å². The van der Waals surface area contributed by atoms with Crippen molar-refractivity contribution in [1.82, 2.24) is 9.80 Å². The van der Waals surface area contributed by atoms with Crippen molar-refractivity contribution in [2.45, 2.75) is 26.8 Å². The summed E-state index contributed by atoms with van der Waals surface area (Å²) in [6, 6.07) is -0.511. The van der Waals surface area contributed by atoms with Crippen molar-refractivity contribution >= 4 is 11.9 Å². The molecule has 15 heavy (non-hydrogen) atoms. The van der Waals surface area contributed by atoms with Crippen LogP contribution in [0.5, 0.6) is 0 Å². The Kier molecular flexibility index (Phi) is 3.68. The first-order valence-electron chi connectivity index (χ1n) is 5.34. The SMILES string of the molecule is CCN1C(=O)N(CC(C)CN)C(=O)C1C. The number of rotatable bonds is 4. The summed E-state index contributed by atoms with van der Waals surface area (Å²) in [5, 5.41) is 0. The Morgan fingerprint density at radius 2 is 2.07 bits per heavy atom. The monoisotopic (exact) mass is 213 g/mol. The fourth-order valence-electron chi connectivity index (χ4n) is 1.74. The van der Waals surface area contributed by atoms with E-state index in [-0.39, 0.29) is 23.9 Å². The molecule has 2 N–H and O–H groups in total. The smallest absolute Gasteiger partial charge is 0.327 e. The van der Waals surface area contributed by atoms with Gasteiger partial charge in [-0.3, -0.25) is 9.69 Å². The number of carbonyl (C=O) groups excluding carboxylic acids is 2. The Morgan fingerprint density at radius 3 is 2.47 bits per heavy atom. The molecule has 5 heteroatoms. The summed E-state index contributed by atoms with van der Waals surface area (Å²) in [5.41, 5.74) is 5.48. The number of nitrogens with two attached hydrogens (primary N) is 1. The molecule has 0 spiro atoms. The van der Waals surface area contributed by atoms with Crippen molar-refractivity contribution in [3.63, 3.8) is 0 Å². The predicted molar refractivity (Wildman–Crippen MR) is 57.2 cm³/mol. The van der Waals surface area contributed by atoms with Gasteiger partial charge < -0.3 is 10.6 Å². The fourth-order valence-corrected chi connectivity index (χ4v) is 1.74. The third kappa shape index (κ3) is 2.12. The summed E-state index contributed by atoms with van der Waals surface area (Å²) >= 11 is 0. The number of urea groups is 1. The van der Waals surface area contributed by atoms with Crippen LogP contribution in [0.1, 0.15) is 20.8 Å². The standard InChI is InChI=1S/C10H19N3O2/c1-4-12-8(3)9(14)13(10(12)15)6-7(2)5-11/h7-8H,4-6,11H2,1-3H3. The number of carbonyl (C=O) groups is 2. The molecular formula is C10H19N3O2. The van der Waals surface area contributed by atoms with E-state index in [0.717, 1.165) is 0 Å². The number of amides is 3. The third-order valence-electron chi connectivity index (χ3n) is 2.80. The molecule has 2 unspecified atom stereocenters. The lowest BCUT2D eigenvalue weighted by Gasteiger charge is -2.18. The van der Waals surface area contributed by atoms with E-state index < -0.39 is 0 Å². The summed E-state index contributed by atoms with van der Waals surface area (Å²) in [6.45, 7) is 7.04. The minimum atomic E-state index is -0.326. The third-order valence-corrected chi connectivity index (χ3v) is 2.80. The van der Waals surface area contributed by atoms with E-state index in [4.69, 9.17) is 5.73 Å². The Balaban J connectivity index is 2.74. The topological polar surface area (TPSA) is 66.6 Å². The van der Waals surface area contributed by atoms with Crippen molar-refractivity contribution in [2.24, 2.45) is 11.7 Å². The second kappa shape index (κ2) is 4.61. The van der Waals surface area contributed by atoms with Gasteiger partial charge >= 0.3 is 6.03 Å². The van der Waals surface area contributed by atoms with Crippen LogP contribution >= 0.6 is 0 Å². The van der Waals surface area contributed by atoms with E-state index in [9.17, 15) is 9.59 Å². The molecule has 1 rings (SSSR count). The molecule has 0 bridgehead atoms. The van der Waals surface area contributed by atoms with Gasteiger partial charge in [0.2, 0.25) is 0 Å². The summed E-state index contributed by atoms with van der Waals surface area (Å²) in [7, 11) is 0. The van der Waals surface area contributed by atoms with Gasteiger partial charge in [-0.2, -0.15) is 0 Å². The Hall–Kier alpha value is -1.10. The molecule has 1 fully saturated rings.